The third-order valence-electron chi connectivity index (χ3n) is 6.65. The number of carbonyl (C=O) groups excluding carboxylic acids is 3. The van der Waals surface area contributed by atoms with E-state index >= 15 is 0 Å². The molecule has 1 aromatic heterocycles. The molecule has 1 saturated carbocycles. The van der Waals surface area contributed by atoms with E-state index in [2.05, 4.69) is 20.8 Å². The van der Waals surface area contributed by atoms with E-state index in [1.54, 1.807) is 24.3 Å². The zero-order valence-corrected chi connectivity index (χ0v) is 22.6. The van der Waals surface area contributed by atoms with Crippen molar-refractivity contribution in [3.8, 4) is 0 Å². The van der Waals surface area contributed by atoms with Crippen LogP contribution in [0.25, 0.3) is 0 Å². The molecular formula is C29H34N4O4S. The fraction of sp³-hybridized carbons (Fsp3) is 0.414. The molecule has 4 rings (SSSR count). The first kappa shape index (κ1) is 27.6. The molecule has 0 bridgehead atoms. The van der Waals surface area contributed by atoms with Gasteiger partial charge in [0.25, 0.3) is 11.1 Å². The van der Waals surface area contributed by atoms with Gasteiger partial charge in [0.15, 0.2) is 0 Å². The molecule has 1 heterocycles. The summed E-state index contributed by atoms with van der Waals surface area (Å²) in [6.45, 7) is 4.00. The third-order valence-corrected chi connectivity index (χ3v) is 7.54. The topological polar surface area (TPSA) is 114 Å². The average molecular weight is 535 g/mol. The van der Waals surface area contributed by atoms with Gasteiger partial charge < -0.3 is 9.73 Å². The lowest BCUT2D eigenvalue weighted by Gasteiger charge is -2.31. The van der Waals surface area contributed by atoms with Crippen molar-refractivity contribution >= 4 is 29.5 Å². The van der Waals surface area contributed by atoms with E-state index in [0.29, 0.717) is 35.8 Å². The van der Waals surface area contributed by atoms with Gasteiger partial charge >= 0.3 is 0 Å². The molecular weight excluding hydrogens is 500 g/mol. The number of amides is 3. The van der Waals surface area contributed by atoms with E-state index in [0.717, 1.165) is 18.4 Å². The summed E-state index contributed by atoms with van der Waals surface area (Å²) < 4.78 is 5.85. The fourth-order valence-corrected chi connectivity index (χ4v) is 5.42. The number of rotatable bonds is 10. The van der Waals surface area contributed by atoms with Crippen LogP contribution in [0.4, 0.5) is 0 Å². The molecule has 0 aliphatic heterocycles. The maximum absolute atomic E-state index is 13.3. The smallest absolute Gasteiger partial charge is 0.276 e. The fourth-order valence-electron chi connectivity index (χ4n) is 4.69. The Balaban J connectivity index is 1.40. The highest BCUT2D eigenvalue weighted by molar-refractivity contribution is 7.98. The minimum absolute atomic E-state index is 0.167. The van der Waals surface area contributed by atoms with E-state index in [9.17, 15) is 14.4 Å². The molecule has 3 amide bonds. The number of nitrogens with zero attached hydrogens (tertiary/aromatic N) is 2. The van der Waals surface area contributed by atoms with Crippen LogP contribution in [0.3, 0.4) is 0 Å². The molecule has 8 nitrogen and oxygen atoms in total. The van der Waals surface area contributed by atoms with Gasteiger partial charge in [-0.25, -0.2) is 0 Å². The Hall–Kier alpha value is -3.46. The van der Waals surface area contributed by atoms with Crippen molar-refractivity contribution in [2.24, 2.45) is 11.8 Å². The van der Waals surface area contributed by atoms with Gasteiger partial charge in [-0.15, -0.1) is 10.2 Å². The Morgan fingerprint density at radius 1 is 0.974 bits per heavy atom. The van der Waals surface area contributed by atoms with Crippen molar-refractivity contribution in [1.29, 1.82) is 0 Å². The van der Waals surface area contributed by atoms with Crippen molar-refractivity contribution in [2.45, 2.75) is 68.9 Å². The minimum atomic E-state index is -0.738. The summed E-state index contributed by atoms with van der Waals surface area (Å²) in [6, 6.07) is 18.5. The Morgan fingerprint density at radius 2 is 1.66 bits per heavy atom. The summed E-state index contributed by atoms with van der Waals surface area (Å²) >= 11 is 1.40. The van der Waals surface area contributed by atoms with E-state index in [1.165, 1.54) is 11.8 Å². The average Bonchev–Trinajstić information content (AvgIpc) is 3.40. The van der Waals surface area contributed by atoms with Crippen LogP contribution in [-0.2, 0) is 15.3 Å². The molecule has 1 aliphatic carbocycles. The van der Waals surface area contributed by atoms with Crippen LogP contribution in [0.15, 0.2) is 70.3 Å². The lowest BCUT2D eigenvalue weighted by Crippen LogP contribution is -2.50. The van der Waals surface area contributed by atoms with Crippen LogP contribution in [0.2, 0.25) is 0 Å². The van der Waals surface area contributed by atoms with Crippen molar-refractivity contribution in [3.63, 3.8) is 0 Å². The van der Waals surface area contributed by atoms with Crippen molar-refractivity contribution in [1.82, 2.24) is 20.8 Å². The molecule has 0 radical (unpaired) electrons. The Labute approximate surface area is 227 Å². The lowest BCUT2D eigenvalue weighted by molar-refractivity contribution is -0.135. The molecule has 3 atom stereocenters. The normalized spacial score (nSPS) is 18.1. The number of thioether (sulfide) groups is 1. The molecule has 9 heteroatoms. The zero-order chi connectivity index (χ0) is 26.9. The van der Waals surface area contributed by atoms with Gasteiger partial charge in [0.1, 0.15) is 5.92 Å². The lowest BCUT2D eigenvalue weighted by atomic mass is 9.83. The number of imide groups is 1. The first-order valence-electron chi connectivity index (χ1n) is 13.1. The second-order valence-electron chi connectivity index (χ2n) is 10.1. The summed E-state index contributed by atoms with van der Waals surface area (Å²) in [7, 11) is 0. The third kappa shape index (κ3) is 7.54. The quantitative estimate of drug-likeness (QED) is 0.347. The van der Waals surface area contributed by atoms with E-state index in [-0.39, 0.29) is 29.7 Å². The van der Waals surface area contributed by atoms with Crippen molar-refractivity contribution < 1.29 is 18.8 Å². The highest BCUT2D eigenvalue weighted by Gasteiger charge is 2.35. The van der Waals surface area contributed by atoms with Gasteiger partial charge in [-0.05, 0) is 42.9 Å². The van der Waals surface area contributed by atoms with Crippen LogP contribution in [-0.4, -0.2) is 34.0 Å². The number of carbonyl (C=O) groups is 3. The molecule has 3 aromatic rings. The van der Waals surface area contributed by atoms with Crippen molar-refractivity contribution in [3.05, 3.63) is 77.7 Å². The maximum Gasteiger partial charge on any atom is 0.276 e. The molecule has 0 saturated heterocycles. The molecule has 1 fully saturated rings. The van der Waals surface area contributed by atoms with E-state index in [4.69, 9.17) is 4.42 Å². The second-order valence-corrected chi connectivity index (χ2v) is 11.0. The van der Waals surface area contributed by atoms with Crippen LogP contribution in [0.1, 0.15) is 73.7 Å². The Morgan fingerprint density at radius 3 is 2.37 bits per heavy atom. The highest BCUT2D eigenvalue weighted by Crippen LogP contribution is 2.29. The SMILES string of the molecule is CC(C)C[C@H](C(=O)NC(=O)[C@@H]1CCCC[C@@H]1NC(=O)c1ccccc1)c1nnc(SCc2ccccc2)o1. The van der Waals surface area contributed by atoms with Gasteiger partial charge in [0.2, 0.25) is 17.7 Å². The predicted octanol–water partition coefficient (Wildman–Crippen LogP) is 5.12. The summed E-state index contributed by atoms with van der Waals surface area (Å²) in [5.74, 6) is -1.23. The molecule has 2 N–H and O–H groups in total. The minimum Gasteiger partial charge on any atom is -0.415 e. The summed E-state index contributed by atoms with van der Waals surface area (Å²) in [5, 5.41) is 14.3. The van der Waals surface area contributed by atoms with E-state index < -0.39 is 17.7 Å². The molecule has 0 unspecified atom stereocenters. The number of nitrogens with one attached hydrogen (secondary N) is 2. The second kappa shape index (κ2) is 13.4. The van der Waals surface area contributed by atoms with Gasteiger partial charge in [0.05, 0.1) is 5.92 Å². The number of benzene rings is 2. The molecule has 0 spiro atoms. The molecule has 38 heavy (non-hydrogen) atoms. The van der Waals surface area contributed by atoms with Gasteiger partial charge in [-0.1, -0.05) is 87.0 Å². The first-order valence-corrected chi connectivity index (χ1v) is 14.1. The van der Waals surface area contributed by atoms with Crippen molar-refractivity contribution in [2.75, 3.05) is 0 Å². The van der Waals surface area contributed by atoms with Gasteiger partial charge in [-0.3, -0.25) is 19.7 Å². The monoisotopic (exact) mass is 534 g/mol. The largest absolute Gasteiger partial charge is 0.415 e. The van der Waals surface area contributed by atoms with Crippen LogP contribution in [0.5, 0.6) is 0 Å². The standard InChI is InChI=1S/C29H34N4O4S/c1-19(2)17-23(28-32-33-29(37-28)38-18-20-11-5-3-6-12-20)27(36)31-26(35)22-15-9-10-16-24(22)30-25(34)21-13-7-4-8-14-21/h3-8,11-14,19,22-24H,9-10,15-18H2,1-2H3,(H,30,34)(H,31,35,36)/t22-,23-,24+/m1/s1. The summed E-state index contributed by atoms with van der Waals surface area (Å²) in [6.07, 6.45) is 3.54. The van der Waals surface area contributed by atoms with Gasteiger partial charge in [0, 0.05) is 17.4 Å². The van der Waals surface area contributed by atoms with Crippen LogP contribution < -0.4 is 10.6 Å². The molecule has 1 aliphatic rings. The zero-order valence-electron chi connectivity index (χ0n) is 21.8. The van der Waals surface area contributed by atoms with Gasteiger partial charge in [-0.2, -0.15) is 0 Å². The number of hydrogen-bond donors (Lipinski definition) is 2. The van der Waals surface area contributed by atoms with E-state index in [1.807, 2.05) is 50.2 Å². The maximum atomic E-state index is 13.3. The Bertz CT molecular complexity index is 1220. The number of hydrogen-bond acceptors (Lipinski definition) is 7. The van der Waals surface area contributed by atoms with Crippen LogP contribution >= 0.6 is 11.8 Å². The summed E-state index contributed by atoms with van der Waals surface area (Å²) in [4.78, 5) is 39.3. The molecule has 200 valence electrons. The Kier molecular flexibility index (Phi) is 9.70. The predicted molar refractivity (Wildman–Crippen MR) is 145 cm³/mol. The summed E-state index contributed by atoms with van der Waals surface area (Å²) in [5.41, 5.74) is 1.67. The first-order chi connectivity index (χ1) is 18.4. The van der Waals surface area contributed by atoms with Crippen LogP contribution in [0, 0.1) is 11.8 Å². The number of aromatic nitrogens is 2. The highest BCUT2D eigenvalue weighted by atomic mass is 32.2. The molecule has 2 aromatic carbocycles.